The van der Waals surface area contributed by atoms with E-state index in [2.05, 4.69) is 15.4 Å². The Morgan fingerprint density at radius 1 is 1.33 bits per heavy atom. The van der Waals surface area contributed by atoms with Gasteiger partial charge in [0.2, 0.25) is 0 Å². The molecule has 1 saturated carbocycles. The molecule has 0 saturated heterocycles. The minimum absolute atomic E-state index is 0.0982. The van der Waals surface area contributed by atoms with Crippen LogP contribution in [0.25, 0.3) is 5.52 Å². The summed E-state index contributed by atoms with van der Waals surface area (Å²) in [5.41, 5.74) is 1.10. The van der Waals surface area contributed by atoms with Crippen molar-refractivity contribution in [2.45, 2.75) is 31.7 Å². The Labute approximate surface area is 121 Å². The van der Waals surface area contributed by atoms with Gasteiger partial charge in [0.15, 0.2) is 0 Å². The van der Waals surface area contributed by atoms with Crippen LogP contribution in [0.1, 0.15) is 36.0 Å². The molecule has 0 aliphatic heterocycles. The number of aromatic nitrogens is 3. The van der Waals surface area contributed by atoms with Gasteiger partial charge in [-0.2, -0.15) is 5.10 Å². The van der Waals surface area contributed by atoms with Crippen molar-refractivity contribution in [2.75, 3.05) is 0 Å². The van der Waals surface area contributed by atoms with Crippen LogP contribution >= 0.6 is 0 Å². The molecular formula is C14H16N4O3. The molecule has 2 atom stereocenters. The van der Waals surface area contributed by atoms with Gasteiger partial charge in [0.05, 0.1) is 29.4 Å². The van der Waals surface area contributed by atoms with Gasteiger partial charge in [0.1, 0.15) is 0 Å². The molecule has 1 fully saturated rings. The van der Waals surface area contributed by atoms with E-state index in [0.717, 1.165) is 12.8 Å². The van der Waals surface area contributed by atoms with Crippen molar-refractivity contribution < 1.29 is 14.7 Å². The number of carboxylic acid groups (broad SMARTS) is 1. The van der Waals surface area contributed by atoms with Crippen LogP contribution in [0.2, 0.25) is 0 Å². The standard InChI is InChI=1S/C14H16N4O3/c19-13(11-7-16-18-5-4-15-8-12(11)18)17-10-3-1-2-9(6-10)14(20)21/h4-5,7-10H,1-3,6H2,(H,17,19)(H,20,21). The number of aliphatic carboxylic acids is 1. The first-order chi connectivity index (χ1) is 10.1. The zero-order valence-corrected chi connectivity index (χ0v) is 11.4. The van der Waals surface area contributed by atoms with Crippen LogP contribution in [0.4, 0.5) is 0 Å². The van der Waals surface area contributed by atoms with Crippen LogP contribution in [0, 0.1) is 5.92 Å². The normalized spacial score (nSPS) is 22.1. The lowest BCUT2D eigenvalue weighted by molar-refractivity contribution is -0.143. The summed E-state index contributed by atoms with van der Waals surface area (Å²) < 4.78 is 1.59. The molecule has 3 rings (SSSR count). The zero-order chi connectivity index (χ0) is 14.8. The van der Waals surface area contributed by atoms with E-state index in [-0.39, 0.29) is 17.9 Å². The molecule has 21 heavy (non-hydrogen) atoms. The molecule has 7 heteroatoms. The molecule has 2 heterocycles. The van der Waals surface area contributed by atoms with Gasteiger partial charge in [-0.15, -0.1) is 0 Å². The smallest absolute Gasteiger partial charge is 0.306 e. The zero-order valence-electron chi connectivity index (χ0n) is 11.4. The largest absolute Gasteiger partial charge is 0.481 e. The highest BCUT2D eigenvalue weighted by atomic mass is 16.4. The number of hydrogen-bond acceptors (Lipinski definition) is 4. The number of rotatable bonds is 3. The summed E-state index contributed by atoms with van der Waals surface area (Å²) in [6, 6.07) is -0.0982. The Kier molecular flexibility index (Phi) is 3.55. The maximum absolute atomic E-state index is 12.3. The van der Waals surface area contributed by atoms with Crippen LogP contribution in [-0.4, -0.2) is 37.6 Å². The minimum Gasteiger partial charge on any atom is -0.481 e. The van der Waals surface area contributed by atoms with E-state index in [9.17, 15) is 9.59 Å². The number of carboxylic acids is 1. The molecule has 2 aromatic rings. The van der Waals surface area contributed by atoms with Gasteiger partial charge in [0, 0.05) is 18.4 Å². The van der Waals surface area contributed by atoms with E-state index >= 15 is 0 Å². The number of nitrogens with one attached hydrogen (secondary N) is 1. The van der Waals surface area contributed by atoms with E-state index in [1.54, 1.807) is 23.1 Å². The van der Waals surface area contributed by atoms with Gasteiger partial charge in [-0.1, -0.05) is 6.42 Å². The first-order valence-corrected chi connectivity index (χ1v) is 6.96. The van der Waals surface area contributed by atoms with Gasteiger partial charge in [0.25, 0.3) is 5.91 Å². The molecule has 2 N–H and O–H groups in total. The van der Waals surface area contributed by atoms with Gasteiger partial charge < -0.3 is 10.4 Å². The number of carbonyl (C=O) groups is 2. The summed E-state index contributed by atoms with van der Waals surface area (Å²) in [7, 11) is 0. The second kappa shape index (κ2) is 5.51. The van der Waals surface area contributed by atoms with E-state index in [4.69, 9.17) is 5.11 Å². The third-order valence-electron chi connectivity index (χ3n) is 3.93. The highest BCUT2D eigenvalue weighted by molar-refractivity contribution is 6.00. The number of fused-ring (bicyclic) bond motifs is 1. The Morgan fingerprint density at radius 3 is 3.00 bits per heavy atom. The third kappa shape index (κ3) is 2.72. The highest BCUT2D eigenvalue weighted by Gasteiger charge is 2.28. The topological polar surface area (TPSA) is 96.6 Å². The molecule has 0 radical (unpaired) electrons. The van der Waals surface area contributed by atoms with Crippen LogP contribution in [-0.2, 0) is 4.79 Å². The van der Waals surface area contributed by atoms with Gasteiger partial charge in [-0.3, -0.25) is 14.6 Å². The van der Waals surface area contributed by atoms with Crippen molar-refractivity contribution >= 4 is 17.4 Å². The van der Waals surface area contributed by atoms with Crippen molar-refractivity contribution in [2.24, 2.45) is 5.92 Å². The van der Waals surface area contributed by atoms with Gasteiger partial charge in [-0.25, -0.2) is 4.52 Å². The lowest BCUT2D eigenvalue weighted by atomic mass is 9.85. The molecule has 1 amide bonds. The number of nitrogens with zero attached hydrogens (tertiary/aromatic N) is 3. The molecule has 2 unspecified atom stereocenters. The second-order valence-electron chi connectivity index (χ2n) is 5.34. The predicted molar refractivity (Wildman–Crippen MR) is 73.8 cm³/mol. The summed E-state index contributed by atoms with van der Waals surface area (Å²) in [5.74, 6) is -1.38. The molecule has 0 bridgehead atoms. The maximum atomic E-state index is 12.3. The Bertz CT molecular complexity index is 682. The average molecular weight is 288 g/mol. The number of hydrogen-bond donors (Lipinski definition) is 2. The molecule has 110 valence electrons. The van der Waals surface area contributed by atoms with Gasteiger partial charge in [-0.05, 0) is 19.3 Å². The Hall–Kier alpha value is -2.44. The van der Waals surface area contributed by atoms with E-state index in [1.807, 2.05) is 0 Å². The predicted octanol–water partition coefficient (Wildman–Crippen LogP) is 1.10. The minimum atomic E-state index is -0.783. The Balaban J connectivity index is 1.73. The van der Waals surface area contributed by atoms with Gasteiger partial charge >= 0.3 is 5.97 Å². The van der Waals surface area contributed by atoms with Crippen LogP contribution in [0.5, 0.6) is 0 Å². The molecular weight excluding hydrogens is 272 g/mol. The first-order valence-electron chi connectivity index (χ1n) is 6.96. The molecule has 1 aliphatic rings. The lowest BCUT2D eigenvalue weighted by Gasteiger charge is -2.27. The van der Waals surface area contributed by atoms with Crippen LogP contribution in [0.15, 0.2) is 24.8 Å². The summed E-state index contributed by atoms with van der Waals surface area (Å²) >= 11 is 0. The summed E-state index contributed by atoms with van der Waals surface area (Å²) in [4.78, 5) is 27.4. The fourth-order valence-corrected chi connectivity index (χ4v) is 2.82. The summed E-state index contributed by atoms with van der Waals surface area (Å²) in [6.45, 7) is 0. The fraction of sp³-hybridized carbons (Fsp3) is 0.429. The highest BCUT2D eigenvalue weighted by Crippen LogP contribution is 2.24. The molecule has 1 aliphatic carbocycles. The molecule has 2 aromatic heterocycles. The van der Waals surface area contributed by atoms with Crippen molar-refractivity contribution in [1.29, 1.82) is 0 Å². The second-order valence-corrected chi connectivity index (χ2v) is 5.34. The Morgan fingerprint density at radius 2 is 2.19 bits per heavy atom. The SMILES string of the molecule is O=C(NC1CCCC(C(=O)O)C1)c1cnn2ccncc12. The summed E-state index contributed by atoms with van der Waals surface area (Å²) in [5, 5.41) is 16.1. The maximum Gasteiger partial charge on any atom is 0.306 e. The van der Waals surface area contributed by atoms with Crippen molar-refractivity contribution in [3.8, 4) is 0 Å². The molecule has 0 aromatic carbocycles. The van der Waals surface area contributed by atoms with Crippen LogP contribution in [0.3, 0.4) is 0 Å². The number of carbonyl (C=O) groups excluding carboxylic acids is 1. The first kappa shape index (κ1) is 13.5. The van der Waals surface area contributed by atoms with E-state index in [1.165, 1.54) is 6.20 Å². The van der Waals surface area contributed by atoms with Crippen molar-refractivity contribution in [3.63, 3.8) is 0 Å². The quantitative estimate of drug-likeness (QED) is 0.881. The molecule has 7 nitrogen and oxygen atoms in total. The summed E-state index contributed by atoms with van der Waals surface area (Å²) in [6.07, 6.45) is 9.16. The van der Waals surface area contributed by atoms with E-state index < -0.39 is 5.97 Å². The monoisotopic (exact) mass is 288 g/mol. The van der Waals surface area contributed by atoms with Crippen LogP contribution < -0.4 is 5.32 Å². The fourth-order valence-electron chi connectivity index (χ4n) is 2.82. The third-order valence-corrected chi connectivity index (χ3v) is 3.93. The average Bonchev–Trinajstić information content (AvgIpc) is 2.91. The van der Waals surface area contributed by atoms with Crippen molar-refractivity contribution in [1.82, 2.24) is 19.9 Å². The molecule has 0 spiro atoms. The number of amides is 1. The van der Waals surface area contributed by atoms with Crippen molar-refractivity contribution in [3.05, 3.63) is 30.4 Å². The van der Waals surface area contributed by atoms with E-state index in [0.29, 0.717) is 23.9 Å². The lowest BCUT2D eigenvalue weighted by Crippen LogP contribution is -2.39.